The van der Waals surface area contributed by atoms with Crippen LogP contribution in [0, 0.1) is 5.82 Å². The van der Waals surface area contributed by atoms with Crippen LogP contribution in [-0.4, -0.2) is 27.5 Å². The molecule has 0 spiro atoms. The summed E-state index contributed by atoms with van der Waals surface area (Å²) in [6.07, 6.45) is 7.33. The molecule has 0 atom stereocenters. The smallest absolute Gasteiger partial charge is 0.253 e. The van der Waals surface area contributed by atoms with Crippen LogP contribution in [0.3, 0.4) is 0 Å². The average Bonchev–Trinajstić information content (AvgIpc) is 2.73. The van der Waals surface area contributed by atoms with Crippen molar-refractivity contribution in [2.24, 2.45) is 10.9 Å². The Labute approximate surface area is 122 Å². The van der Waals surface area contributed by atoms with Crippen molar-refractivity contribution in [2.75, 3.05) is 0 Å². The Hall–Kier alpha value is -2.18. The van der Waals surface area contributed by atoms with Crippen LogP contribution in [0.15, 0.2) is 23.6 Å². The van der Waals surface area contributed by atoms with Crippen molar-refractivity contribution in [3.8, 4) is 0 Å². The van der Waals surface area contributed by atoms with E-state index in [0.29, 0.717) is 12.8 Å². The molecule has 1 aliphatic rings. The molecule has 1 aromatic rings. The maximum absolute atomic E-state index is 13.2. The highest BCUT2D eigenvalue weighted by molar-refractivity contribution is 6.00. The number of hydrogen-bond donors (Lipinski definition) is 3. The van der Waals surface area contributed by atoms with Crippen molar-refractivity contribution >= 4 is 11.7 Å². The summed E-state index contributed by atoms with van der Waals surface area (Å²) in [6, 6.07) is 1.11. The van der Waals surface area contributed by atoms with E-state index in [1.807, 2.05) is 0 Å². The van der Waals surface area contributed by atoms with Gasteiger partial charge >= 0.3 is 0 Å². The quantitative estimate of drug-likeness (QED) is 0.260. The summed E-state index contributed by atoms with van der Waals surface area (Å²) >= 11 is 0. The number of aromatic nitrogens is 1. The Balaban J connectivity index is 2.24. The fraction of sp³-hybridized carbons (Fsp3) is 0.500. The van der Waals surface area contributed by atoms with E-state index in [1.54, 1.807) is 0 Å². The number of rotatable bonds is 3. The van der Waals surface area contributed by atoms with Gasteiger partial charge in [-0.15, -0.1) is 0 Å². The number of halogens is 1. The summed E-state index contributed by atoms with van der Waals surface area (Å²) in [6.45, 7) is 0. The molecule has 21 heavy (non-hydrogen) atoms. The highest BCUT2D eigenvalue weighted by atomic mass is 19.1. The van der Waals surface area contributed by atoms with Gasteiger partial charge < -0.3 is 16.3 Å². The van der Waals surface area contributed by atoms with Gasteiger partial charge in [0.15, 0.2) is 5.84 Å². The second kappa shape index (κ2) is 6.51. The van der Waals surface area contributed by atoms with Crippen LogP contribution in [0.25, 0.3) is 0 Å². The Morgan fingerprint density at radius 3 is 2.57 bits per heavy atom. The number of amides is 1. The van der Waals surface area contributed by atoms with Gasteiger partial charge in [0, 0.05) is 6.20 Å². The van der Waals surface area contributed by atoms with E-state index in [2.05, 4.69) is 15.5 Å². The van der Waals surface area contributed by atoms with Crippen LogP contribution in [-0.2, 0) is 0 Å². The minimum atomic E-state index is -0.880. The molecule has 0 saturated heterocycles. The third-order valence-corrected chi connectivity index (χ3v) is 3.88. The summed E-state index contributed by atoms with van der Waals surface area (Å²) < 4.78 is 13.2. The Bertz CT molecular complexity index is 540. The largest absolute Gasteiger partial charge is 0.409 e. The van der Waals surface area contributed by atoms with E-state index >= 15 is 0 Å². The lowest BCUT2D eigenvalue weighted by Gasteiger charge is -2.32. The topological polar surface area (TPSA) is 101 Å². The molecule has 6 nitrogen and oxygen atoms in total. The first-order valence-electron chi connectivity index (χ1n) is 6.98. The molecule has 1 saturated carbocycles. The van der Waals surface area contributed by atoms with E-state index < -0.39 is 17.3 Å². The highest BCUT2D eigenvalue weighted by Crippen LogP contribution is 2.28. The van der Waals surface area contributed by atoms with Gasteiger partial charge in [-0.25, -0.2) is 4.39 Å². The number of pyridine rings is 1. The lowest BCUT2D eigenvalue weighted by Crippen LogP contribution is -2.57. The van der Waals surface area contributed by atoms with E-state index in [9.17, 15) is 9.18 Å². The van der Waals surface area contributed by atoms with E-state index in [4.69, 9.17) is 10.9 Å². The van der Waals surface area contributed by atoms with Crippen LogP contribution >= 0.6 is 0 Å². The second-order valence-corrected chi connectivity index (χ2v) is 5.33. The van der Waals surface area contributed by atoms with E-state index in [1.165, 1.54) is 6.20 Å². The number of nitrogens with two attached hydrogens (primary N) is 1. The Kier molecular flexibility index (Phi) is 4.72. The van der Waals surface area contributed by atoms with E-state index in [0.717, 1.165) is 37.9 Å². The van der Waals surface area contributed by atoms with Crippen molar-refractivity contribution < 1.29 is 14.4 Å². The summed E-state index contributed by atoms with van der Waals surface area (Å²) in [4.78, 5) is 16.0. The molecule has 1 amide bonds. The number of carbonyl (C=O) groups is 1. The molecule has 1 fully saturated rings. The molecule has 1 aromatic heterocycles. The van der Waals surface area contributed by atoms with Gasteiger partial charge in [0.1, 0.15) is 11.4 Å². The number of amidine groups is 1. The lowest BCUT2D eigenvalue weighted by molar-refractivity contribution is 0.0914. The summed E-state index contributed by atoms with van der Waals surface area (Å²) in [7, 11) is 0. The second-order valence-electron chi connectivity index (χ2n) is 5.33. The normalized spacial score (nSPS) is 18.8. The molecule has 1 aliphatic carbocycles. The van der Waals surface area contributed by atoms with Gasteiger partial charge in [-0.1, -0.05) is 30.8 Å². The Morgan fingerprint density at radius 2 is 2.00 bits per heavy atom. The number of nitrogens with zero attached hydrogens (tertiary/aromatic N) is 2. The van der Waals surface area contributed by atoms with Crippen molar-refractivity contribution in [1.29, 1.82) is 0 Å². The zero-order valence-electron chi connectivity index (χ0n) is 11.7. The number of oxime groups is 1. The molecule has 0 aliphatic heterocycles. The van der Waals surface area contributed by atoms with Crippen molar-refractivity contribution in [1.82, 2.24) is 10.3 Å². The first kappa shape index (κ1) is 15.2. The third-order valence-electron chi connectivity index (χ3n) is 3.88. The minimum absolute atomic E-state index is 0.0119. The van der Waals surface area contributed by atoms with Gasteiger partial charge in [0.2, 0.25) is 0 Å². The van der Waals surface area contributed by atoms with Crippen LogP contribution in [0.1, 0.15) is 48.9 Å². The molecular formula is C14H19FN4O2. The molecule has 114 valence electrons. The van der Waals surface area contributed by atoms with Gasteiger partial charge in [-0.2, -0.15) is 0 Å². The van der Waals surface area contributed by atoms with Gasteiger partial charge in [-0.05, 0) is 18.9 Å². The molecular weight excluding hydrogens is 275 g/mol. The molecule has 0 unspecified atom stereocenters. The zero-order valence-corrected chi connectivity index (χ0v) is 11.7. The molecule has 1 heterocycles. The summed E-state index contributed by atoms with van der Waals surface area (Å²) in [5, 5.41) is 14.9. The average molecular weight is 294 g/mol. The molecule has 0 radical (unpaired) electrons. The standard InChI is InChI=1S/C14H19FN4O2/c15-11-7-10(8-17-9-11)12(20)18-14(13(16)19-21)5-3-1-2-4-6-14/h7-9,21H,1-6H2,(H2,16,19)(H,18,20). The van der Waals surface area contributed by atoms with Gasteiger partial charge in [0.25, 0.3) is 5.91 Å². The first-order chi connectivity index (χ1) is 10.1. The molecule has 7 heteroatoms. The lowest BCUT2D eigenvalue weighted by atomic mass is 9.88. The Morgan fingerprint density at radius 1 is 1.33 bits per heavy atom. The molecule has 2 rings (SSSR count). The fourth-order valence-electron chi connectivity index (χ4n) is 2.70. The monoisotopic (exact) mass is 294 g/mol. The molecule has 4 N–H and O–H groups in total. The summed E-state index contributed by atoms with van der Waals surface area (Å²) in [5.41, 5.74) is 5.04. The van der Waals surface area contributed by atoms with Crippen molar-refractivity contribution in [2.45, 2.75) is 44.1 Å². The predicted octanol–water partition coefficient (Wildman–Crippen LogP) is 1.79. The summed E-state index contributed by atoms with van der Waals surface area (Å²) in [5.74, 6) is -1.07. The predicted molar refractivity (Wildman–Crippen MR) is 75.5 cm³/mol. The third kappa shape index (κ3) is 3.48. The highest BCUT2D eigenvalue weighted by Gasteiger charge is 2.37. The van der Waals surface area contributed by atoms with Crippen LogP contribution in [0.4, 0.5) is 4.39 Å². The SMILES string of the molecule is N/C(=N/O)C1(NC(=O)c2cncc(F)c2)CCCCCC1. The minimum Gasteiger partial charge on any atom is -0.409 e. The van der Waals surface area contributed by atoms with E-state index in [-0.39, 0.29) is 11.4 Å². The number of hydrogen-bond acceptors (Lipinski definition) is 4. The fourth-order valence-corrected chi connectivity index (χ4v) is 2.70. The van der Waals surface area contributed by atoms with Gasteiger partial charge in [-0.3, -0.25) is 9.78 Å². The van der Waals surface area contributed by atoms with Crippen molar-refractivity contribution in [3.05, 3.63) is 29.8 Å². The van der Waals surface area contributed by atoms with Crippen LogP contribution < -0.4 is 11.1 Å². The zero-order chi connectivity index (χ0) is 15.3. The number of nitrogens with one attached hydrogen (secondary N) is 1. The number of carbonyl (C=O) groups excluding carboxylic acids is 1. The van der Waals surface area contributed by atoms with Crippen LogP contribution in [0.2, 0.25) is 0 Å². The molecule has 0 aromatic carbocycles. The maximum atomic E-state index is 13.2. The maximum Gasteiger partial charge on any atom is 0.253 e. The van der Waals surface area contributed by atoms with Crippen molar-refractivity contribution in [3.63, 3.8) is 0 Å². The van der Waals surface area contributed by atoms with Crippen LogP contribution in [0.5, 0.6) is 0 Å². The molecule has 0 bridgehead atoms. The van der Waals surface area contributed by atoms with Gasteiger partial charge in [0.05, 0.1) is 11.8 Å². The first-order valence-corrected chi connectivity index (χ1v) is 6.98.